The largest absolute Gasteiger partial charge is 0.481 e. The summed E-state index contributed by atoms with van der Waals surface area (Å²) in [5, 5.41) is 9.28. The zero-order valence-electron chi connectivity index (χ0n) is 12.6. The lowest BCUT2D eigenvalue weighted by Gasteiger charge is -2.32. The van der Waals surface area contributed by atoms with Gasteiger partial charge in [-0.3, -0.25) is 9.59 Å². The maximum atomic E-state index is 12.1. The van der Waals surface area contributed by atoms with E-state index in [0.29, 0.717) is 6.54 Å². The molecule has 0 amide bonds. The third-order valence-electron chi connectivity index (χ3n) is 3.18. The van der Waals surface area contributed by atoms with E-state index in [4.69, 9.17) is 9.47 Å². The number of rotatable bonds is 8. The van der Waals surface area contributed by atoms with Gasteiger partial charge in [0.05, 0.1) is 17.4 Å². The van der Waals surface area contributed by atoms with E-state index >= 15 is 0 Å². The number of esters is 1. The third-order valence-corrected chi connectivity index (χ3v) is 3.18. The average molecular weight is 275 g/mol. The van der Waals surface area contributed by atoms with Crippen LogP contribution in [0, 0.1) is 11.3 Å². The van der Waals surface area contributed by atoms with Gasteiger partial charge in [0.15, 0.2) is 0 Å². The molecule has 0 aliphatic heterocycles. The Balaban J connectivity index is 4.79. The van der Waals surface area contributed by atoms with Gasteiger partial charge in [0.25, 0.3) is 0 Å². The Morgan fingerprint density at radius 1 is 1.32 bits per heavy atom. The second-order valence-corrected chi connectivity index (χ2v) is 5.42. The first-order valence-corrected chi connectivity index (χ1v) is 6.22. The molecule has 0 aliphatic rings. The van der Waals surface area contributed by atoms with Gasteiger partial charge in [-0.1, -0.05) is 0 Å². The van der Waals surface area contributed by atoms with Crippen LogP contribution in [0.4, 0.5) is 0 Å². The van der Waals surface area contributed by atoms with Crippen LogP contribution in [0.2, 0.25) is 0 Å². The van der Waals surface area contributed by atoms with Crippen molar-refractivity contribution in [2.45, 2.75) is 26.9 Å². The first-order valence-electron chi connectivity index (χ1n) is 6.22. The van der Waals surface area contributed by atoms with Gasteiger partial charge in [-0.2, -0.15) is 0 Å². The molecule has 1 N–H and O–H groups in total. The zero-order chi connectivity index (χ0) is 15.2. The van der Waals surface area contributed by atoms with Crippen molar-refractivity contribution in [3.05, 3.63) is 0 Å². The highest BCUT2D eigenvalue weighted by Crippen LogP contribution is 2.32. The predicted octanol–water partition coefficient (Wildman–Crippen LogP) is 0.853. The van der Waals surface area contributed by atoms with Crippen LogP contribution in [0.25, 0.3) is 0 Å². The number of carboxylic acids is 1. The van der Waals surface area contributed by atoms with Crippen molar-refractivity contribution in [3.63, 3.8) is 0 Å². The number of hydrogen-bond donors (Lipinski definition) is 1. The summed E-state index contributed by atoms with van der Waals surface area (Å²) >= 11 is 0. The van der Waals surface area contributed by atoms with E-state index in [1.165, 1.54) is 7.11 Å². The van der Waals surface area contributed by atoms with E-state index in [2.05, 4.69) is 0 Å². The van der Waals surface area contributed by atoms with Gasteiger partial charge in [0.2, 0.25) is 0 Å². The number of hydrogen-bond acceptors (Lipinski definition) is 5. The topological polar surface area (TPSA) is 76.1 Å². The summed E-state index contributed by atoms with van der Waals surface area (Å²) in [4.78, 5) is 25.3. The van der Waals surface area contributed by atoms with Crippen molar-refractivity contribution in [1.29, 1.82) is 0 Å². The molecule has 0 aromatic rings. The number of aliphatic carboxylic acids is 1. The van der Waals surface area contributed by atoms with Gasteiger partial charge in [-0.05, 0) is 34.9 Å². The van der Waals surface area contributed by atoms with Crippen LogP contribution in [-0.2, 0) is 19.1 Å². The lowest BCUT2D eigenvalue weighted by atomic mass is 9.76. The van der Waals surface area contributed by atoms with E-state index in [0.717, 1.165) is 0 Å². The van der Waals surface area contributed by atoms with E-state index in [9.17, 15) is 14.7 Å². The van der Waals surface area contributed by atoms with Crippen molar-refractivity contribution in [2.24, 2.45) is 11.3 Å². The molecule has 0 fully saturated rings. The summed E-state index contributed by atoms with van der Waals surface area (Å²) in [6.45, 7) is 5.61. The second-order valence-electron chi connectivity index (χ2n) is 5.42. The molecular formula is C13H25NO5. The van der Waals surface area contributed by atoms with E-state index in [1.807, 2.05) is 19.0 Å². The second kappa shape index (κ2) is 7.45. The molecule has 6 nitrogen and oxygen atoms in total. The van der Waals surface area contributed by atoms with Gasteiger partial charge in [-0.25, -0.2) is 0 Å². The summed E-state index contributed by atoms with van der Waals surface area (Å²) in [5.74, 6) is -2.54. The van der Waals surface area contributed by atoms with Crippen LogP contribution < -0.4 is 0 Å². The monoisotopic (exact) mass is 275 g/mol. The Labute approximate surface area is 114 Å². The minimum absolute atomic E-state index is 0.239. The fraction of sp³-hybridized carbons (Fsp3) is 0.846. The Bertz CT molecular complexity index is 314. The highest BCUT2D eigenvalue weighted by Gasteiger charge is 2.46. The molecule has 6 heteroatoms. The lowest BCUT2D eigenvalue weighted by molar-refractivity contribution is -0.170. The molecule has 2 unspecified atom stereocenters. The smallest absolute Gasteiger partial charge is 0.312 e. The highest BCUT2D eigenvalue weighted by atomic mass is 16.5. The average Bonchev–Trinajstić information content (AvgIpc) is 2.27. The van der Waals surface area contributed by atoms with Crippen molar-refractivity contribution < 1.29 is 24.2 Å². The maximum Gasteiger partial charge on any atom is 0.312 e. The first kappa shape index (κ1) is 17.9. The summed E-state index contributed by atoms with van der Waals surface area (Å²) in [5.41, 5.74) is -1.15. The van der Waals surface area contributed by atoms with Crippen LogP contribution in [0.15, 0.2) is 0 Å². The van der Waals surface area contributed by atoms with Crippen LogP contribution in [0.1, 0.15) is 20.8 Å². The van der Waals surface area contributed by atoms with E-state index < -0.39 is 29.4 Å². The molecule has 0 bridgehead atoms. The number of likely N-dealkylation sites (N-methyl/N-ethyl adjacent to an activating group) is 1. The molecule has 0 radical (unpaired) electrons. The number of carboxylic acid groups (broad SMARTS) is 1. The molecular weight excluding hydrogens is 250 g/mol. The molecule has 0 aliphatic carbocycles. The fourth-order valence-electron chi connectivity index (χ4n) is 1.87. The molecule has 2 atom stereocenters. The van der Waals surface area contributed by atoms with Crippen molar-refractivity contribution in [1.82, 2.24) is 4.90 Å². The molecule has 0 aromatic heterocycles. The predicted molar refractivity (Wildman–Crippen MR) is 70.9 cm³/mol. The molecule has 0 saturated heterocycles. The maximum absolute atomic E-state index is 12.1. The van der Waals surface area contributed by atoms with Crippen LogP contribution in [0.3, 0.4) is 0 Å². The van der Waals surface area contributed by atoms with Gasteiger partial charge in [0.1, 0.15) is 6.61 Å². The molecule has 19 heavy (non-hydrogen) atoms. The number of methoxy groups -OCH3 is 1. The molecule has 112 valence electrons. The summed E-state index contributed by atoms with van der Waals surface area (Å²) in [7, 11) is 5.16. The number of carbonyl (C=O) groups is 2. The van der Waals surface area contributed by atoms with Gasteiger partial charge < -0.3 is 19.5 Å². The first-order chi connectivity index (χ1) is 8.64. The minimum Gasteiger partial charge on any atom is -0.481 e. The molecule has 0 rings (SSSR count). The SMILES string of the molecule is COC(C)C(C(=O)O)C(C)(C)C(=O)OCCN(C)C. The fourth-order valence-corrected chi connectivity index (χ4v) is 1.87. The van der Waals surface area contributed by atoms with Gasteiger partial charge in [0, 0.05) is 13.7 Å². The third kappa shape index (κ3) is 5.16. The standard InChI is InChI=1S/C13H25NO5/c1-9(18-6)10(11(15)16)13(2,3)12(17)19-8-7-14(4)5/h9-10H,7-8H2,1-6H3,(H,15,16). The number of ether oxygens (including phenoxy) is 2. The van der Waals surface area contributed by atoms with Crippen LogP contribution >= 0.6 is 0 Å². The van der Waals surface area contributed by atoms with Crippen LogP contribution in [0.5, 0.6) is 0 Å². The summed E-state index contributed by atoms with van der Waals surface area (Å²) < 4.78 is 10.2. The van der Waals surface area contributed by atoms with Gasteiger partial charge >= 0.3 is 11.9 Å². The van der Waals surface area contributed by atoms with E-state index in [-0.39, 0.29) is 6.61 Å². The number of nitrogens with zero attached hydrogens (tertiary/aromatic N) is 1. The summed E-state index contributed by atoms with van der Waals surface area (Å²) in [6.07, 6.45) is -0.575. The normalized spacial score (nSPS) is 15.1. The Morgan fingerprint density at radius 2 is 1.84 bits per heavy atom. The highest BCUT2D eigenvalue weighted by molar-refractivity contribution is 5.84. The van der Waals surface area contributed by atoms with Gasteiger partial charge in [-0.15, -0.1) is 0 Å². The summed E-state index contributed by atoms with van der Waals surface area (Å²) in [6, 6.07) is 0. The van der Waals surface area contributed by atoms with Crippen LogP contribution in [-0.4, -0.2) is 62.4 Å². The zero-order valence-corrected chi connectivity index (χ0v) is 12.6. The quantitative estimate of drug-likeness (QED) is 0.662. The van der Waals surface area contributed by atoms with Crippen molar-refractivity contribution in [2.75, 3.05) is 34.4 Å². The van der Waals surface area contributed by atoms with Crippen molar-refractivity contribution >= 4 is 11.9 Å². The molecule has 0 spiro atoms. The Kier molecular flexibility index (Phi) is 7.00. The Morgan fingerprint density at radius 3 is 2.21 bits per heavy atom. The molecule has 0 saturated carbocycles. The molecule has 0 aromatic carbocycles. The number of carbonyl (C=O) groups excluding carboxylic acids is 1. The lowest BCUT2D eigenvalue weighted by Crippen LogP contribution is -2.45. The Hall–Kier alpha value is -1.14. The molecule has 0 heterocycles. The minimum atomic E-state index is -1.15. The van der Waals surface area contributed by atoms with E-state index in [1.54, 1.807) is 20.8 Å². The van der Waals surface area contributed by atoms with Crippen molar-refractivity contribution in [3.8, 4) is 0 Å².